The van der Waals surface area contributed by atoms with Gasteiger partial charge in [-0.2, -0.15) is 0 Å². The molecule has 0 saturated carbocycles. The van der Waals surface area contributed by atoms with Crippen LogP contribution in [0, 0.1) is 0 Å². The van der Waals surface area contributed by atoms with Crippen molar-refractivity contribution in [2.75, 3.05) is 0 Å². The van der Waals surface area contributed by atoms with Crippen LogP contribution in [-0.2, 0) is 9.59 Å². The van der Waals surface area contributed by atoms with Gasteiger partial charge in [-0.25, -0.2) is 0 Å². The number of hydrogen-bond donors (Lipinski definition) is 0. The van der Waals surface area contributed by atoms with E-state index in [1.54, 1.807) is 26.0 Å². The number of hydrogen-bond acceptors (Lipinski definition) is 4. The number of carbonyl (C=O) groups is 2. The minimum absolute atomic E-state index is 0. The summed E-state index contributed by atoms with van der Waals surface area (Å²) in [5.41, 5.74) is 0. The summed E-state index contributed by atoms with van der Waals surface area (Å²) in [4.78, 5) is 20.2. The summed E-state index contributed by atoms with van der Waals surface area (Å²) in [5, 5.41) is 9.40. The summed E-state index contributed by atoms with van der Waals surface area (Å²) >= 11 is 0. The molecule has 0 saturated heterocycles. The molecule has 0 aliphatic heterocycles. The van der Waals surface area contributed by atoms with E-state index in [1.807, 2.05) is 18.2 Å². The Kier molecular flexibility index (Phi) is 12.5. The van der Waals surface area contributed by atoms with Crippen molar-refractivity contribution in [2.24, 2.45) is 0 Å². The maximum Gasteiger partial charge on any atom is 1.00 e. The van der Waals surface area contributed by atoms with Crippen molar-refractivity contribution in [3.8, 4) is 5.75 Å². The quantitative estimate of drug-likeness (QED) is 0.275. The molecule has 0 radical (unpaired) electrons. The molecular formula is C13H15LiO4. The normalized spacial score (nSPS) is 8.78. The number of benzene rings is 1. The van der Waals surface area contributed by atoms with E-state index in [4.69, 9.17) is 4.74 Å². The first-order chi connectivity index (χ1) is 8.10. The average Bonchev–Trinajstić information content (AvgIpc) is 2.31. The van der Waals surface area contributed by atoms with Crippen molar-refractivity contribution < 1.29 is 38.3 Å². The SMILES string of the molecule is C/C=C/C(=O)[O-].CCC(=O)Oc1ccccc1.[Li+]. The number of carboxylic acids is 1. The maximum absolute atomic E-state index is 10.8. The van der Waals surface area contributed by atoms with Gasteiger partial charge in [0.2, 0.25) is 0 Å². The van der Waals surface area contributed by atoms with E-state index >= 15 is 0 Å². The minimum atomic E-state index is -1.14. The van der Waals surface area contributed by atoms with E-state index in [0.29, 0.717) is 12.2 Å². The van der Waals surface area contributed by atoms with Crippen LogP contribution in [-0.4, -0.2) is 11.9 Å². The van der Waals surface area contributed by atoms with Crippen molar-refractivity contribution in [1.29, 1.82) is 0 Å². The average molecular weight is 242 g/mol. The van der Waals surface area contributed by atoms with Crippen LogP contribution in [0.25, 0.3) is 0 Å². The summed E-state index contributed by atoms with van der Waals surface area (Å²) < 4.78 is 4.92. The Hall–Kier alpha value is -1.50. The third kappa shape index (κ3) is 11.0. The summed E-state index contributed by atoms with van der Waals surface area (Å²) in [5.74, 6) is -0.729. The number of allylic oxidation sites excluding steroid dienone is 1. The summed E-state index contributed by atoms with van der Waals surface area (Å²) in [7, 11) is 0. The molecule has 0 bridgehead atoms. The molecule has 18 heavy (non-hydrogen) atoms. The van der Waals surface area contributed by atoms with Gasteiger partial charge in [-0.05, 0) is 25.1 Å². The first kappa shape index (κ1) is 18.9. The predicted molar refractivity (Wildman–Crippen MR) is 62.2 cm³/mol. The van der Waals surface area contributed by atoms with Crippen LogP contribution >= 0.6 is 0 Å². The Bertz CT molecular complexity index is 374. The second kappa shape index (κ2) is 12.0. The number of carboxylic acid groups (broad SMARTS) is 1. The fourth-order valence-electron chi connectivity index (χ4n) is 0.828. The van der Waals surface area contributed by atoms with E-state index in [0.717, 1.165) is 6.08 Å². The van der Waals surface area contributed by atoms with E-state index in [9.17, 15) is 14.7 Å². The Morgan fingerprint density at radius 1 is 1.28 bits per heavy atom. The zero-order valence-corrected chi connectivity index (χ0v) is 10.9. The van der Waals surface area contributed by atoms with Crippen LogP contribution in [0.5, 0.6) is 5.75 Å². The van der Waals surface area contributed by atoms with Gasteiger partial charge in [0.1, 0.15) is 5.75 Å². The van der Waals surface area contributed by atoms with E-state index in [2.05, 4.69) is 0 Å². The van der Waals surface area contributed by atoms with Crippen LogP contribution < -0.4 is 28.7 Å². The zero-order chi connectivity index (χ0) is 13.1. The molecule has 0 aromatic heterocycles. The Balaban J connectivity index is 0. The smallest absolute Gasteiger partial charge is 0.545 e. The van der Waals surface area contributed by atoms with Crippen LogP contribution in [0.3, 0.4) is 0 Å². The van der Waals surface area contributed by atoms with Gasteiger partial charge in [0.15, 0.2) is 0 Å². The second-order valence-electron chi connectivity index (χ2n) is 2.96. The zero-order valence-electron chi connectivity index (χ0n) is 10.9. The third-order valence-corrected chi connectivity index (χ3v) is 1.57. The summed E-state index contributed by atoms with van der Waals surface area (Å²) in [6.45, 7) is 3.39. The molecule has 0 spiro atoms. The van der Waals surface area contributed by atoms with E-state index in [-0.39, 0.29) is 24.8 Å². The number of esters is 1. The predicted octanol–water partition coefficient (Wildman–Crippen LogP) is -1.68. The van der Waals surface area contributed by atoms with Crippen molar-refractivity contribution in [1.82, 2.24) is 0 Å². The first-order valence-corrected chi connectivity index (χ1v) is 5.19. The molecule has 0 N–H and O–H groups in total. The van der Waals surface area contributed by atoms with Crippen LogP contribution in [0.4, 0.5) is 0 Å². The molecule has 0 amide bonds. The third-order valence-electron chi connectivity index (χ3n) is 1.57. The number of rotatable bonds is 3. The molecule has 92 valence electrons. The molecule has 0 aliphatic carbocycles. The molecular weight excluding hydrogens is 227 g/mol. The van der Waals surface area contributed by atoms with Gasteiger partial charge < -0.3 is 14.6 Å². The number of aliphatic carboxylic acids is 1. The molecule has 5 heteroatoms. The van der Waals surface area contributed by atoms with Gasteiger partial charge in [0.05, 0.1) is 5.97 Å². The standard InChI is InChI=1S/C9H10O2.C4H6O2.Li/c1-2-9(10)11-8-6-4-3-5-7-8;1-2-3-4(5)6;/h3-7H,2H2,1H3;2-3H,1H3,(H,5,6);/q;;+1/p-1/b;3-2+;. The Morgan fingerprint density at radius 3 is 2.17 bits per heavy atom. The Labute approximate surface area is 119 Å². The molecule has 1 rings (SSSR count). The fraction of sp³-hybridized carbons (Fsp3) is 0.231. The van der Waals surface area contributed by atoms with Crippen LogP contribution in [0.1, 0.15) is 20.3 Å². The Morgan fingerprint density at radius 2 is 1.83 bits per heavy atom. The van der Waals surface area contributed by atoms with Crippen molar-refractivity contribution in [3.63, 3.8) is 0 Å². The second-order valence-corrected chi connectivity index (χ2v) is 2.96. The molecule has 0 unspecified atom stereocenters. The molecule has 0 fully saturated rings. The van der Waals surface area contributed by atoms with Crippen LogP contribution in [0.15, 0.2) is 42.5 Å². The van der Waals surface area contributed by atoms with Gasteiger partial charge in [0, 0.05) is 6.42 Å². The maximum atomic E-state index is 10.8. The van der Waals surface area contributed by atoms with E-state index < -0.39 is 5.97 Å². The summed E-state index contributed by atoms with van der Waals surface area (Å²) in [6, 6.07) is 9.06. The van der Waals surface area contributed by atoms with Gasteiger partial charge >= 0.3 is 24.8 Å². The van der Waals surface area contributed by atoms with Crippen LogP contribution in [0.2, 0.25) is 0 Å². The molecule has 0 heterocycles. The topological polar surface area (TPSA) is 66.4 Å². The fourth-order valence-corrected chi connectivity index (χ4v) is 0.828. The molecule has 1 aromatic rings. The van der Waals surface area contributed by atoms with E-state index in [1.165, 1.54) is 6.08 Å². The first-order valence-electron chi connectivity index (χ1n) is 5.19. The number of carbonyl (C=O) groups excluding carboxylic acids is 2. The van der Waals surface area contributed by atoms with Gasteiger partial charge in [-0.1, -0.05) is 31.2 Å². The molecule has 1 aromatic carbocycles. The summed E-state index contributed by atoms with van der Waals surface area (Å²) in [6.07, 6.45) is 2.80. The van der Waals surface area contributed by atoms with Crippen molar-refractivity contribution in [2.45, 2.75) is 20.3 Å². The number of ether oxygens (including phenoxy) is 1. The van der Waals surface area contributed by atoms with Gasteiger partial charge in [-0.15, -0.1) is 0 Å². The van der Waals surface area contributed by atoms with Crippen molar-refractivity contribution >= 4 is 11.9 Å². The van der Waals surface area contributed by atoms with Crippen molar-refractivity contribution in [3.05, 3.63) is 42.5 Å². The largest absolute Gasteiger partial charge is 1.00 e. The van der Waals surface area contributed by atoms with Gasteiger partial charge in [0.25, 0.3) is 0 Å². The molecule has 0 aliphatic rings. The molecule has 0 atom stereocenters. The minimum Gasteiger partial charge on any atom is -0.545 e. The monoisotopic (exact) mass is 242 g/mol. The number of para-hydroxylation sites is 1. The van der Waals surface area contributed by atoms with Gasteiger partial charge in [-0.3, -0.25) is 4.79 Å². The molecule has 4 nitrogen and oxygen atoms in total.